The highest BCUT2D eigenvalue weighted by atomic mass is 32.2. The molecule has 2 N–H and O–H groups in total. The molecule has 2 atom stereocenters. The number of hydrogen-bond acceptors (Lipinski definition) is 4. The van der Waals surface area contributed by atoms with Gasteiger partial charge in [-0.25, -0.2) is 18.0 Å². The number of amides is 2. The quantitative estimate of drug-likeness (QED) is 0.765. The molecule has 8 heteroatoms. The van der Waals surface area contributed by atoms with Crippen LogP contribution in [0.2, 0.25) is 0 Å². The molecule has 0 bridgehead atoms. The van der Waals surface area contributed by atoms with Gasteiger partial charge in [-0.15, -0.1) is 0 Å². The molecule has 1 fully saturated rings. The molecule has 2 amide bonds. The van der Waals surface area contributed by atoms with E-state index in [1.807, 2.05) is 0 Å². The van der Waals surface area contributed by atoms with Gasteiger partial charge in [-0.3, -0.25) is 0 Å². The van der Waals surface area contributed by atoms with Crippen LogP contribution in [0.3, 0.4) is 0 Å². The number of carbonyl (C=O) groups excluding carboxylic acids is 1. The number of aliphatic carboxylic acids is 1. The summed E-state index contributed by atoms with van der Waals surface area (Å²) in [5.74, 6) is -1.18. The fourth-order valence-corrected chi connectivity index (χ4v) is 3.75. The molecular weight excluding hydrogens is 284 g/mol. The Morgan fingerprint density at radius 3 is 2.60 bits per heavy atom. The molecular formula is C12H18N2O5S. The van der Waals surface area contributed by atoms with Crippen LogP contribution in [0.1, 0.15) is 25.7 Å². The molecule has 2 heterocycles. The second-order valence-corrected chi connectivity index (χ2v) is 7.04. The minimum absolute atomic E-state index is 0.162. The zero-order valence-electron chi connectivity index (χ0n) is 11.0. The third-order valence-electron chi connectivity index (χ3n) is 3.54. The SMILES string of the molecule is O=C(O)C1CCCCCN1C(=O)NC1C=CS(=O)(=O)C1. The van der Waals surface area contributed by atoms with E-state index in [2.05, 4.69) is 5.32 Å². The lowest BCUT2D eigenvalue weighted by Crippen LogP contribution is -2.51. The molecule has 0 saturated carbocycles. The fraction of sp³-hybridized carbons (Fsp3) is 0.667. The maximum absolute atomic E-state index is 12.2. The molecule has 2 rings (SSSR count). The first-order valence-corrected chi connectivity index (χ1v) is 8.31. The van der Waals surface area contributed by atoms with Crippen molar-refractivity contribution in [2.45, 2.75) is 37.8 Å². The number of carbonyl (C=O) groups is 2. The first-order chi connectivity index (χ1) is 9.39. The zero-order chi connectivity index (χ0) is 14.8. The van der Waals surface area contributed by atoms with Crippen molar-refractivity contribution in [3.05, 3.63) is 11.5 Å². The standard InChI is InChI=1S/C12H18N2O5S/c15-11(16)10-4-2-1-3-6-14(10)12(17)13-9-5-7-20(18,19)8-9/h5,7,9-10H,1-4,6,8H2,(H,13,17)(H,15,16). The molecule has 0 aromatic rings. The Morgan fingerprint density at radius 1 is 1.25 bits per heavy atom. The van der Waals surface area contributed by atoms with Gasteiger partial charge in [-0.05, 0) is 18.9 Å². The maximum Gasteiger partial charge on any atom is 0.326 e. The van der Waals surface area contributed by atoms with Crippen molar-refractivity contribution in [1.29, 1.82) is 0 Å². The Morgan fingerprint density at radius 2 is 2.00 bits per heavy atom. The lowest BCUT2D eigenvalue weighted by molar-refractivity contribution is -0.142. The fourth-order valence-electron chi connectivity index (χ4n) is 2.52. The molecule has 2 aliphatic heterocycles. The molecule has 0 aromatic heterocycles. The maximum atomic E-state index is 12.2. The summed E-state index contributed by atoms with van der Waals surface area (Å²) in [5.41, 5.74) is 0. The van der Waals surface area contributed by atoms with Crippen LogP contribution in [0.4, 0.5) is 4.79 Å². The van der Waals surface area contributed by atoms with Crippen molar-refractivity contribution in [2.75, 3.05) is 12.3 Å². The summed E-state index contributed by atoms with van der Waals surface area (Å²) in [4.78, 5) is 24.7. The summed E-state index contributed by atoms with van der Waals surface area (Å²) in [6.07, 6.45) is 4.28. The monoisotopic (exact) mass is 302 g/mol. The lowest BCUT2D eigenvalue weighted by Gasteiger charge is -2.28. The van der Waals surface area contributed by atoms with E-state index < -0.39 is 33.9 Å². The summed E-state index contributed by atoms with van der Waals surface area (Å²) < 4.78 is 22.6. The second-order valence-electron chi connectivity index (χ2n) is 5.11. The summed E-state index contributed by atoms with van der Waals surface area (Å²) in [5, 5.41) is 12.8. The lowest BCUT2D eigenvalue weighted by atomic mass is 10.1. The van der Waals surface area contributed by atoms with Crippen molar-refractivity contribution in [1.82, 2.24) is 10.2 Å². The van der Waals surface area contributed by atoms with Gasteiger partial charge in [-0.2, -0.15) is 0 Å². The Hall–Kier alpha value is -1.57. The molecule has 0 aromatic carbocycles. The van der Waals surface area contributed by atoms with E-state index in [9.17, 15) is 23.1 Å². The molecule has 112 valence electrons. The van der Waals surface area contributed by atoms with E-state index in [4.69, 9.17) is 0 Å². The van der Waals surface area contributed by atoms with Gasteiger partial charge in [0.05, 0.1) is 11.8 Å². The van der Waals surface area contributed by atoms with Crippen molar-refractivity contribution in [3.63, 3.8) is 0 Å². The number of carboxylic acids is 1. The normalized spacial score (nSPS) is 28.9. The van der Waals surface area contributed by atoms with E-state index >= 15 is 0 Å². The molecule has 20 heavy (non-hydrogen) atoms. The number of rotatable bonds is 2. The molecule has 2 aliphatic rings. The highest BCUT2D eigenvalue weighted by Gasteiger charge is 2.32. The Kier molecular flexibility index (Phi) is 4.32. The molecule has 0 radical (unpaired) electrons. The molecule has 0 spiro atoms. The highest BCUT2D eigenvalue weighted by molar-refractivity contribution is 7.94. The van der Waals surface area contributed by atoms with Gasteiger partial charge in [0.1, 0.15) is 6.04 Å². The smallest absolute Gasteiger partial charge is 0.326 e. The van der Waals surface area contributed by atoms with Gasteiger partial charge >= 0.3 is 12.0 Å². The van der Waals surface area contributed by atoms with Gasteiger partial charge in [-0.1, -0.05) is 12.8 Å². The van der Waals surface area contributed by atoms with Crippen LogP contribution in [0.5, 0.6) is 0 Å². The topological polar surface area (TPSA) is 104 Å². The van der Waals surface area contributed by atoms with E-state index in [1.165, 1.54) is 11.0 Å². The average Bonchev–Trinajstić information content (AvgIpc) is 2.59. The minimum Gasteiger partial charge on any atom is -0.480 e. The van der Waals surface area contributed by atoms with Gasteiger partial charge in [0.25, 0.3) is 0 Å². The predicted molar refractivity (Wildman–Crippen MR) is 71.8 cm³/mol. The summed E-state index contributed by atoms with van der Waals surface area (Å²) in [7, 11) is -3.24. The van der Waals surface area contributed by atoms with Crippen LogP contribution >= 0.6 is 0 Å². The predicted octanol–water partition coefficient (Wildman–Crippen LogP) is 0.336. The number of likely N-dealkylation sites (tertiary alicyclic amines) is 1. The minimum atomic E-state index is -3.24. The second kappa shape index (κ2) is 5.82. The van der Waals surface area contributed by atoms with Crippen LogP contribution in [0, 0.1) is 0 Å². The van der Waals surface area contributed by atoms with Crippen LogP contribution < -0.4 is 5.32 Å². The number of nitrogens with zero attached hydrogens (tertiary/aromatic N) is 1. The van der Waals surface area contributed by atoms with Gasteiger partial charge in [0, 0.05) is 12.0 Å². The third kappa shape index (κ3) is 3.50. The van der Waals surface area contributed by atoms with Crippen molar-refractivity contribution in [2.24, 2.45) is 0 Å². The Labute approximate surface area is 117 Å². The number of nitrogens with one attached hydrogen (secondary N) is 1. The van der Waals surface area contributed by atoms with Crippen molar-refractivity contribution in [3.8, 4) is 0 Å². The Balaban J connectivity index is 2.02. The van der Waals surface area contributed by atoms with E-state index in [0.717, 1.165) is 24.7 Å². The van der Waals surface area contributed by atoms with Crippen LogP contribution in [0.15, 0.2) is 11.5 Å². The molecule has 7 nitrogen and oxygen atoms in total. The first-order valence-electron chi connectivity index (χ1n) is 6.60. The van der Waals surface area contributed by atoms with Gasteiger partial charge in [0.15, 0.2) is 9.84 Å². The van der Waals surface area contributed by atoms with Gasteiger partial charge < -0.3 is 15.3 Å². The van der Waals surface area contributed by atoms with Crippen LogP contribution in [-0.4, -0.2) is 54.8 Å². The first kappa shape index (κ1) is 14.8. The summed E-state index contributed by atoms with van der Waals surface area (Å²) in [6.45, 7) is 0.381. The zero-order valence-corrected chi connectivity index (χ0v) is 11.8. The molecule has 0 aliphatic carbocycles. The average molecular weight is 302 g/mol. The largest absolute Gasteiger partial charge is 0.480 e. The number of sulfone groups is 1. The van der Waals surface area contributed by atoms with Crippen LogP contribution in [-0.2, 0) is 14.6 Å². The van der Waals surface area contributed by atoms with Crippen molar-refractivity contribution >= 4 is 21.8 Å². The van der Waals surface area contributed by atoms with E-state index in [-0.39, 0.29) is 5.75 Å². The van der Waals surface area contributed by atoms with Crippen LogP contribution in [0.25, 0.3) is 0 Å². The Bertz CT molecular complexity index is 528. The number of urea groups is 1. The third-order valence-corrected chi connectivity index (χ3v) is 4.93. The van der Waals surface area contributed by atoms with Crippen molar-refractivity contribution < 1.29 is 23.1 Å². The number of hydrogen-bond donors (Lipinski definition) is 2. The summed E-state index contributed by atoms with van der Waals surface area (Å²) >= 11 is 0. The van der Waals surface area contributed by atoms with Gasteiger partial charge in [0.2, 0.25) is 0 Å². The highest BCUT2D eigenvalue weighted by Crippen LogP contribution is 2.18. The molecule has 2 unspecified atom stereocenters. The van der Waals surface area contributed by atoms with E-state index in [1.54, 1.807) is 0 Å². The van der Waals surface area contributed by atoms with E-state index in [0.29, 0.717) is 13.0 Å². The molecule has 1 saturated heterocycles. The summed E-state index contributed by atoms with van der Waals surface area (Å²) in [6, 6.07) is -1.92. The number of carboxylic acid groups (broad SMARTS) is 1.